The van der Waals surface area contributed by atoms with E-state index in [0.717, 1.165) is 44.8 Å². The van der Waals surface area contributed by atoms with E-state index in [2.05, 4.69) is 33.4 Å². The van der Waals surface area contributed by atoms with Crippen LogP contribution in [0.2, 0.25) is 0 Å². The molecule has 0 saturated carbocycles. The highest BCUT2D eigenvalue weighted by atomic mass is 32.1. The van der Waals surface area contributed by atoms with Crippen LogP contribution in [-0.4, -0.2) is 40.5 Å². The summed E-state index contributed by atoms with van der Waals surface area (Å²) in [5.74, 6) is 0. The van der Waals surface area contributed by atoms with E-state index in [1.54, 1.807) is 17.7 Å². The molecule has 0 amide bonds. The van der Waals surface area contributed by atoms with Crippen molar-refractivity contribution in [3.63, 3.8) is 0 Å². The van der Waals surface area contributed by atoms with Crippen LogP contribution < -0.4 is 5.56 Å². The molecule has 1 saturated heterocycles. The highest BCUT2D eigenvalue weighted by Crippen LogP contribution is 2.14. The van der Waals surface area contributed by atoms with Gasteiger partial charge in [-0.15, -0.1) is 11.3 Å². The number of pyridine rings is 1. The number of hydrogen-bond donors (Lipinski definition) is 0. The summed E-state index contributed by atoms with van der Waals surface area (Å²) in [4.78, 5) is 18.2. The zero-order chi connectivity index (χ0) is 15.4. The molecule has 118 valence electrons. The highest BCUT2D eigenvalue weighted by molar-refractivity contribution is 7.09. The molecule has 1 aliphatic heterocycles. The van der Waals surface area contributed by atoms with E-state index in [0.29, 0.717) is 0 Å². The molecule has 0 unspecified atom stereocenters. The van der Waals surface area contributed by atoms with Crippen molar-refractivity contribution in [1.29, 1.82) is 0 Å². The largest absolute Gasteiger partial charge is 0.319 e. The van der Waals surface area contributed by atoms with Gasteiger partial charge in [0.05, 0.1) is 0 Å². The van der Waals surface area contributed by atoms with E-state index >= 15 is 0 Å². The summed E-state index contributed by atoms with van der Waals surface area (Å²) in [5.41, 5.74) is 1.20. The van der Waals surface area contributed by atoms with Crippen LogP contribution in [0, 0.1) is 0 Å². The summed E-state index contributed by atoms with van der Waals surface area (Å²) in [7, 11) is 1.79. The quantitative estimate of drug-likeness (QED) is 0.865. The third kappa shape index (κ3) is 4.06. The number of aryl methyl sites for hydroxylation is 1. The van der Waals surface area contributed by atoms with Crippen molar-refractivity contribution in [3.8, 4) is 0 Å². The first-order valence-electron chi connectivity index (χ1n) is 7.83. The number of thiophene rings is 1. The first-order valence-corrected chi connectivity index (χ1v) is 8.71. The predicted molar refractivity (Wildman–Crippen MR) is 91.2 cm³/mol. The Kier molecular flexibility index (Phi) is 5.08. The van der Waals surface area contributed by atoms with Gasteiger partial charge in [-0.05, 0) is 42.6 Å². The van der Waals surface area contributed by atoms with E-state index in [1.165, 1.54) is 11.3 Å². The summed E-state index contributed by atoms with van der Waals surface area (Å²) in [6, 6.07) is 8.15. The lowest BCUT2D eigenvalue weighted by atomic mass is 10.2. The van der Waals surface area contributed by atoms with E-state index < -0.39 is 0 Å². The number of aromatic nitrogens is 1. The van der Waals surface area contributed by atoms with Crippen molar-refractivity contribution in [2.45, 2.75) is 19.5 Å². The van der Waals surface area contributed by atoms with Gasteiger partial charge in [0.1, 0.15) is 0 Å². The molecule has 0 aliphatic carbocycles. The molecule has 0 radical (unpaired) electrons. The van der Waals surface area contributed by atoms with E-state index in [9.17, 15) is 4.79 Å². The van der Waals surface area contributed by atoms with Crippen LogP contribution in [0.4, 0.5) is 0 Å². The first-order chi connectivity index (χ1) is 10.7. The van der Waals surface area contributed by atoms with E-state index in [4.69, 9.17) is 0 Å². The smallest absolute Gasteiger partial charge is 0.250 e. The molecule has 2 aromatic heterocycles. The lowest BCUT2D eigenvalue weighted by molar-refractivity contribution is 0.248. The van der Waals surface area contributed by atoms with Crippen molar-refractivity contribution in [2.75, 3.05) is 26.2 Å². The maximum Gasteiger partial charge on any atom is 0.250 e. The minimum atomic E-state index is 0.0756. The Morgan fingerprint density at radius 1 is 1.09 bits per heavy atom. The Balaban J connectivity index is 1.55. The van der Waals surface area contributed by atoms with Crippen molar-refractivity contribution in [1.82, 2.24) is 14.4 Å². The lowest BCUT2D eigenvalue weighted by Gasteiger charge is -2.21. The van der Waals surface area contributed by atoms with Gasteiger partial charge in [-0.2, -0.15) is 0 Å². The second-order valence-electron chi connectivity index (χ2n) is 5.97. The standard InChI is InChI=1S/C17H23N3OS/c1-18-8-5-15(12-17(18)21)13-19-6-3-7-20(10-9-19)14-16-4-2-11-22-16/h2,4-5,8,11-12H,3,6-7,9-10,13-14H2,1H3. The van der Waals surface area contributed by atoms with Crippen molar-refractivity contribution < 1.29 is 0 Å². The Morgan fingerprint density at radius 2 is 1.86 bits per heavy atom. The third-order valence-electron chi connectivity index (χ3n) is 4.22. The monoisotopic (exact) mass is 317 g/mol. The van der Waals surface area contributed by atoms with Crippen LogP contribution in [0.15, 0.2) is 40.6 Å². The molecule has 0 spiro atoms. The molecule has 3 rings (SSSR count). The minimum Gasteiger partial charge on any atom is -0.319 e. The molecule has 3 heterocycles. The second kappa shape index (κ2) is 7.22. The second-order valence-corrected chi connectivity index (χ2v) is 7.00. The maximum atomic E-state index is 11.7. The van der Waals surface area contributed by atoms with Crippen LogP contribution in [0.25, 0.3) is 0 Å². The summed E-state index contributed by atoms with van der Waals surface area (Å²) in [6.45, 7) is 6.38. The van der Waals surface area contributed by atoms with Crippen LogP contribution in [-0.2, 0) is 20.1 Å². The van der Waals surface area contributed by atoms with Crippen molar-refractivity contribution >= 4 is 11.3 Å². The van der Waals surface area contributed by atoms with Gasteiger partial charge in [0.15, 0.2) is 0 Å². The number of hydrogen-bond acceptors (Lipinski definition) is 4. The zero-order valence-electron chi connectivity index (χ0n) is 13.1. The van der Waals surface area contributed by atoms with Crippen LogP contribution in [0.3, 0.4) is 0 Å². The van der Waals surface area contributed by atoms with Gasteiger partial charge >= 0.3 is 0 Å². The average Bonchev–Trinajstić information content (AvgIpc) is 2.91. The first kappa shape index (κ1) is 15.5. The molecule has 0 N–H and O–H groups in total. The third-order valence-corrected chi connectivity index (χ3v) is 5.08. The van der Waals surface area contributed by atoms with Crippen molar-refractivity contribution in [3.05, 3.63) is 56.6 Å². The van der Waals surface area contributed by atoms with E-state index in [1.807, 2.05) is 17.5 Å². The van der Waals surface area contributed by atoms with E-state index in [-0.39, 0.29) is 5.56 Å². The van der Waals surface area contributed by atoms with Gasteiger partial charge in [-0.3, -0.25) is 14.6 Å². The molecule has 1 aliphatic rings. The molecule has 0 aromatic carbocycles. The highest BCUT2D eigenvalue weighted by Gasteiger charge is 2.15. The Morgan fingerprint density at radius 3 is 2.55 bits per heavy atom. The molecule has 0 bridgehead atoms. The molecule has 1 fully saturated rings. The zero-order valence-corrected chi connectivity index (χ0v) is 13.9. The normalized spacial score (nSPS) is 17.5. The van der Waals surface area contributed by atoms with Crippen LogP contribution >= 0.6 is 11.3 Å². The van der Waals surface area contributed by atoms with Gasteiger partial charge in [0.25, 0.3) is 5.56 Å². The molecule has 0 atom stereocenters. The average molecular weight is 317 g/mol. The van der Waals surface area contributed by atoms with Gasteiger partial charge < -0.3 is 4.57 Å². The topological polar surface area (TPSA) is 28.5 Å². The number of rotatable bonds is 4. The molecule has 5 heteroatoms. The van der Waals surface area contributed by atoms with Gasteiger partial charge in [0, 0.05) is 50.4 Å². The summed E-state index contributed by atoms with van der Waals surface area (Å²) < 4.78 is 1.62. The fourth-order valence-electron chi connectivity index (χ4n) is 2.91. The van der Waals surface area contributed by atoms with Crippen LogP contribution in [0.1, 0.15) is 16.9 Å². The molecule has 2 aromatic rings. The lowest BCUT2D eigenvalue weighted by Crippen LogP contribution is -2.30. The SMILES string of the molecule is Cn1ccc(CN2CCCN(Cc3cccs3)CC2)cc1=O. The maximum absolute atomic E-state index is 11.7. The Bertz CT molecular complexity index is 650. The molecular formula is C17H23N3OS. The fourth-order valence-corrected chi connectivity index (χ4v) is 3.66. The summed E-state index contributed by atoms with van der Waals surface area (Å²) in [6.07, 6.45) is 3.05. The molecule has 4 nitrogen and oxygen atoms in total. The fraction of sp³-hybridized carbons (Fsp3) is 0.471. The Hall–Kier alpha value is -1.43. The summed E-state index contributed by atoms with van der Waals surface area (Å²) >= 11 is 1.84. The minimum absolute atomic E-state index is 0.0756. The van der Waals surface area contributed by atoms with Crippen molar-refractivity contribution in [2.24, 2.45) is 7.05 Å². The Labute approximate surface area is 135 Å². The number of nitrogens with zero attached hydrogens (tertiary/aromatic N) is 3. The molecule has 22 heavy (non-hydrogen) atoms. The molecular weight excluding hydrogens is 294 g/mol. The van der Waals surface area contributed by atoms with Gasteiger partial charge in [-0.1, -0.05) is 6.07 Å². The van der Waals surface area contributed by atoms with Crippen LogP contribution in [0.5, 0.6) is 0 Å². The van der Waals surface area contributed by atoms with Gasteiger partial charge in [-0.25, -0.2) is 0 Å². The van der Waals surface area contributed by atoms with Gasteiger partial charge in [0.2, 0.25) is 0 Å². The predicted octanol–water partition coefficient (Wildman–Crippen LogP) is 2.15. The summed E-state index contributed by atoms with van der Waals surface area (Å²) in [5, 5.41) is 2.15.